The topological polar surface area (TPSA) is 63.2 Å². The number of rotatable bonds is 10. The summed E-state index contributed by atoms with van der Waals surface area (Å²) in [6.45, 7) is 22.4. The van der Waals surface area contributed by atoms with Crippen LogP contribution in [0, 0.1) is 13.8 Å². The summed E-state index contributed by atoms with van der Waals surface area (Å²) in [5, 5.41) is 0. The van der Waals surface area contributed by atoms with Gasteiger partial charge >= 0.3 is 14.8 Å². The van der Waals surface area contributed by atoms with E-state index in [9.17, 15) is 4.79 Å². The number of hydrogen-bond donors (Lipinski definition) is 0. The number of ether oxygens (including phenoxy) is 2. The van der Waals surface area contributed by atoms with Crippen molar-refractivity contribution < 1.29 is 27.8 Å². The summed E-state index contributed by atoms with van der Waals surface area (Å²) >= 11 is 0. The van der Waals surface area contributed by atoms with Crippen LogP contribution in [0.4, 0.5) is 4.79 Å². The van der Waals surface area contributed by atoms with Crippen LogP contribution >= 0.6 is 8.60 Å². The van der Waals surface area contributed by atoms with E-state index < -0.39 is 20.4 Å². The van der Waals surface area contributed by atoms with Gasteiger partial charge in [-0.1, -0.05) is 139 Å². The lowest BCUT2D eigenvalue weighted by atomic mass is 9.80. The van der Waals surface area contributed by atoms with Crippen molar-refractivity contribution in [3.63, 3.8) is 0 Å². The average Bonchev–Trinajstić information content (AvgIpc) is 3.15. The molecular formula is C51H55O6P. The first-order chi connectivity index (χ1) is 27.3. The molecule has 0 N–H and O–H groups in total. The van der Waals surface area contributed by atoms with Gasteiger partial charge in [0.05, 0.1) is 0 Å². The quantitative estimate of drug-likeness (QED) is 0.0782. The zero-order valence-electron chi connectivity index (χ0n) is 35.6. The Morgan fingerprint density at radius 3 is 1.24 bits per heavy atom. The standard InChI is InChI=1S/C51H55O6P/c1-34-30-42(46(44(32-34)49(3,4)5)53-48(52)54-51(9,10)11)43-31-35(2)33-45(50(6,7)8)47(43)57-58(55-40-26-22-38(23-27-40)36-18-14-12-15-19-36)56-41-28-24-39(25-29-41)37-20-16-13-17-21-37/h12-33H,1-11H3. The molecule has 0 heterocycles. The molecule has 58 heavy (non-hydrogen) atoms. The maximum Gasteiger partial charge on any atom is 0.530 e. The lowest BCUT2D eigenvalue weighted by Crippen LogP contribution is -2.27. The lowest BCUT2D eigenvalue weighted by molar-refractivity contribution is 0.0204. The third kappa shape index (κ3) is 10.7. The Hall–Kier alpha value is -5.58. The van der Waals surface area contributed by atoms with E-state index in [2.05, 4.69) is 90.9 Å². The van der Waals surface area contributed by atoms with Crippen molar-refractivity contribution in [1.82, 2.24) is 0 Å². The Morgan fingerprint density at radius 1 is 0.466 bits per heavy atom. The van der Waals surface area contributed by atoms with Crippen molar-refractivity contribution >= 4 is 14.8 Å². The van der Waals surface area contributed by atoms with E-state index in [0.717, 1.165) is 50.1 Å². The van der Waals surface area contributed by atoms with Gasteiger partial charge in [0, 0.05) is 22.3 Å². The van der Waals surface area contributed by atoms with Crippen molar-refractivity contribution in [2.24, 2.45) is 0 Å². The molecule has 0 aliphatic heterocycles. The molecule has 0 spiro atoms. The number of benzene rings is 6. The molecule has 0 fully saturated rings. The number of aryl methyl sites for hydroxylation is 2. The molecule has 300 valence electrons. The molecule has 6 aromatic rings. The first-order valence-electron chi connectivity index (χ1n) is 19.7. The Balaban J connectivity index is 1.49. The van der Waals surface area contributed by atoms with E-state index in [1.54, 1.807) is 0 Å². The second-order valence-electron chi connectivity index (χ2n) is 17.7. The first kappa shape index (κ1) is 42.0. The van der Waals surface area contributed by atoms with E-state index in [0.29, 0.717) is 28.6 Å². The zero-order valence-corrected chi connectivity index (χ0v) is 36.5. The van der Waals surface area contributed by atoms with Crippen molar-refractivity contribution in [1.29, 1.82) is 0 Å². The van der Waals surface area contributed by atoms with Crippen LogP contribution in [0.3, 0.4) is 0 Å². The van der Waals surface area contributed by atoms with Crippen molar-refractivity contribution in [3.05, 3.63) is 156 Å². The molecule has 0 aliphatic rings. The predicted octanol–water partition coefficient (Wildman–Crippen LogP) is 15.0. The van der Waals surface area contributed by atoms with E-state index >= 15 is 0 Å². The molecule has 6 rings (SSSR count). The second kappa shape index (κ2) is 17.1. The summed E-state index contributed by atoms with van der Waals surface area (Å²) < 4.78 is 32.4. The molecule has 0 aromatic heterocycles. The molecule has 0 saturated heterocycles. The van der Waals surface area contributed by atoms with Crippen LogP contribution in [0.15, 0.2) is 133 Å². The molecule has 0 aliphatic carbocycles. The van der Waals surface area contributed by atoms with E-state index in [1.807, 2.05) is 119 Å². The minimum absolute atomic E-state index is 0.366. The SMILES string of the molecule is Cc1cc(-c2cc(C)cc(C(C)(C)C)c2OP(Oc2ccc(-c3ccccc3)cc2)Oc2ccc(-c3ccccc3)cc2)c(OC(=O)OC(C)(C)C)c(C(C)(C)C)c1. The first-order valence-corrected chi connectivity index (χ1v) is 20.8. The van der Waals surface area contributed by atoms with Crippen LogP contribution in [-0.2, 0) is 15.6 Å². The lowest BCUT2D eigenvalue weighted by Gasteiger charge is -2.30. The maximum atomic E-state index is 13.5. The van der Waals surface area contributed by atoms with Crippen LogP contribution in [0.2, 0.25) is 0 Å². The zero-order chi connectivity index (χ0) is 41.8. The van der Waals surface area contributed by atoms with Gasteiger partial charge in [0.2, 0.25) is 0 Å². The highest BCUT2D eigenvalue weighted by molar-refractivity contribution is 7.43. The summed E-state index contributed by atoms with van der Waals surface area (Å²) in [6.07, 6.45) is -0.777. The van der Waals surface area contributed by atoms with Gasteiger partial charge in [-0.15, -0.1) is 0 Å². The molecule has 0 bridgehead atoms. The van der Waals surface area contributed by atoms with Crippen molar-refractivity contribution in [2.45, 2.75) is 92.6 Å². The monoisotopic (exact) mass is 794 g/mol. The Kier molecular flexibility index (Phi) is 12.4. The Labute approximate surface area is 346 Å². The van der Waals surface area contributed by atoms with Gasteiger partial charge in [0.15, 0.2) is 0 Å². The van der Waals surface area contributed by atoms with Crippen molar-refractivity contribution in [3.8, 4) is 56.4 Å². The van der Waals surface area contributed by atoms with E-state index in [4.69, 9.17) is 23.0 Å². The van der Waals surface area contributed by atoms with E-state index in [-0.39, 0.29) is 10.8 Å². The summed E-state index contributed by atoms with van der Waals surface area (Å²) in [5.74, 6) is 2.18. The fraction of sp³-hybridized carbons (Fsp3) is 0.275. The molecule has 0 amide bonds. The summed E-state index contributed by atoms with van der Waals surface area (Å²) in [5.41, 5.74) is 8.15. The van der Waals surface area contributed by atoms with Crippen LogP contribution in [-0.4, -0.2) is 11.8 Å². The summed E-state index contributed by atoms with van der Waals surface area (Å²) in [4.78, 5) is 13.5. The minimum atomic E-state index is -2.11. The highest BCUT2D eigenvalue weighted by atomic mass is 31.2. The average molecular weight is 795 g/mol. The summed E-state index contributed by atoms with van der Waals surface area (Å²) in [6, 6.07) is 44.7. The fourth-order valence-electron chi connectivity index (χ4n) is 6.60. The van der Waals surface area contributed by atoms with Gasteiger partial charge < -0.3 is 23.0 Å². The van der Waals surface area contributed by atoms with Crippen LogP contribution in [0.1, 0.15) is 84.6 Å². The van der Waals surface area contributed by atoms with Crippen molar-refractivity contribution in [2.75, 3.05) is 0 Å². The van der Waals surface area contributed by atoms with Crippen LogP contribution in [0.25, 0.3) is 33.4 Å². The summed E-state index contributed by atoms with van der Waals surface area (Å²) in [7, 11) is -2.11. The smallest absolute Gasteiger partial charge is 0.428 e. The third-order valence-corrected chi connectivity index (χ3v) is 10.4. The van der Waals surface area contributed by atoms with Gasteiger partial charge in [-0.3, -0.25) is 0 Å². The Morgan fingerprint density at radius 2 is 0.845 bits per heavy atom. The molecule has 0 radical (unpaired) electrons. The highest BCUT2D eigenvalue weighted by Gasteiger charge is 2.33. The van der Waals surface area contributed by atoms with E-state index in [1.165, 1.54) is 0 Å². The Bertz CT molecular complexity index is 2250. The van der Waals surface area contributed by atoms with Gasteiger partial charge in [0.1, 0.15) is 28.6 Å². The van der Waals surface area contributed by atoms with Gasteiger partial charge in [0.25, 0.3) is 0 Å². The largest absolute Gasteiger partial charge is 0.530 e. The molecule has 0 atom stereocenters. The molecule has 0 saturated carbocycles. The molecule has 6 aromatic carbocycles. The number of carbonyl (C=O) groups excluding carboxylic acids is 1. The minimum Gasteiger partial charge on any atom is -0.428 e. The molecule has 7 heteroatoms. The van der Waals surface area contributed by atoms with Crippen LogP contribution < -0.4 is 18.3 Å². The molecule has 6 nitrogen and oxygen atoms in total. The highest BCUT2D eigenvalue weighted by Crippen LogP contribution is 2.52. The molecule has 0 unspecified atom stereocenters. The fourth-order valence-corrected chi connectivity index (χ4v) is 7.65. The second-order valence-corrected chi connectivity index (χ2v) is 18.7. The van der Waals surface area contributed by atoms with Gasteiger partial charge in [-0.25, -0.2) is 4.79 Å². The molecular weight excluding hydrogens is 740 g/mol. The number of hydrogen-bond acceptors (Lipinski definition) is 6. The van der Waals surface area contributed by atoms with Gasteiger partial charge in [-0.05, 0) is 115 Å². The maximum absolute atomic E-state index is 13.5. The predicted molar refractivity (Wildman–Crippen MR) is 238 cm³/mol. The number of carbonyl (C=O) groups is 1. The third-order valence-electron chi connectivity index (χ3n) is 9.40. The normalized spacial score (nSPS) is 11.9. The van der Waals surface area contributed by atoms with Crippen LogP contribution in [0.5, 0.6) is 23.0 Å². The van der Waals surface area contributed by atoms with Gasteiger partial charge in [-0.2, -0.15) is 0 Å².